The lowest BCUT2D eigenvalue weighted by Crippen LogP contribution is -2.29. The van der Waals surface area contributed by atoms with Crippen molar-refractivity contribution < 1.29 is 9.53 Å². The van der Waals surface area contributed by atoms with Gasteiger partial charge < -0.3 is 14.6 Å². The summed E-state index contributed by atoms with van der Waals surface area (Å²) >= 11 is 3.33. The van der Waals surface area contributed by atoms with E-state index in [2.05, 4.69) is 35.1 Å². The molecule has 1 rings (SSSR count). The Morgan fingerprint density at radius 3 is 2.82 bits per heavy atom. The van der Waals surface area contributed by atoms with Crippen molar-refractivity contribution in [3.8, 4) is 0 Å². The Kier molecular flexibility index (Phi) is 5.71. The van der Waals surface area contributed by atoms with E-state index in [9.17, 15) is 4.79 Å². The molecule has 1 heterocycles. The quantitative estimate of drug-likeness (QED) is 0.819. The molecule has 4 nitrogen and oxygen atoms in total. The maximum absolute atomic E-state index is 11.8. The third kappa shape index (κ3) is 4.91. The van der Waals surface area contributed by atoms with Gasteiger partial charge in [0.05, 0.1) is 6.61 Å². The Morgan fingerprint density at radius 1 is 1.59 bits per heavy atom. The van der Waals surface area contributed by atoms with Crippen molar-refractivity contribution in [1.82, 2.24) is 9.88 Å². The highest BCUT2D eigenvalue weighted by Gasteiger charge is 2.09. The lowest BCUT2D eigenvalue weighted by atomic mass is 10.2. The van der Waals surface area contributed by atoms with E-state index in [-0.39, 0.29) is 5.91 Å². The Morgan fingerprint density at radius 2 is 2.29 bits per heavy atom. The highest BCUT2D eigenvalue weighted by Crippen LogP contribution is 2.13. The number of aromatic nitrogens is 1. The molecule has 0 unspecified atom stereocenters. The van der Waals surface area contributed by atoms with Gasteiger partial charge in [0, 0.05) is 30.9 Å². The summed E-state index contributed by atoms with van der Waals surface area (Å²) in [5.74, 6) is 0.445. The first-order valence-electron chi connectivity index (χ1n) is 5.68. The maximum atomic E-state index is 11.8. The Balaban J connectivity index is 2.28. The Labute approximate surface area is 110 Å². The van der Waals surface area contributed by atoms with Crippen LogP contribution >= 0.6 is 15.9 Å². The number of halogens is 1. The fourth-order valence-corrected chi connectivity index (χ4v) is 1.92. The van der Waals surface area contributed by atoms with Crippen LogP contribution in [-0.4, -0.2) is 30.2 Å². The number of ether oxygens (including phenoxy) is 1. The van der Waals surface area contributed by atoms with E-state index in [0.29, 0.717) is 24.8 Å². The molecule has 1 aromatic rings. The van der Waals surface area contributed by atoms with Crippen molar-refractivity contribution in [2.45, 2.75) is 13.8 Å². The molecule has 0 aliphatic carbocycles. The highest BCUT2D eigenvalue weighted by atomic mass is 79.9. The molecule has 0 saturated heterocycles. The topological polar surface area (TPSA) is 43.3 Å². The summed E-state index contributed by atoms with van der Waals surface area (Å²) in [7, 11) is 1.84. The molecule has 0 aromatic carbocycles. The van der Waals surface area contributed by atoms with Crippen LogP contribution in [0.25, 0.3) is 0 Å². The average Bonchev–Trinajstić information content (AvgIpc) is 2.56. The number of hydrogen-bond acceptors (Lipinski definition) is 2. The SMILES string of the molecule is CC(C)COCCNC(=O)c1cc(Br)cn1C. The summed E-state index contributed by atoms with van der Waals surface area (Å²) in [5, 5.41) is 2.82. The molecule has 0 atom stereocenters. The zero-order valence-corrected chi connectivity index (χ0v) is 12.1. The van der Waals surface area contributed by atoms with Crippen LogP contribution in [-0.2, 0) is 11.8 Å². The number of carbonyl (C=O) groups is 1. The van der Waals surface area contributed by atoms with Crippen LogP contribution in [0.2, 0.25) is 0 Å². The van der Waals surface area contributed by atoms with E-state index in [4.69, 9.17) is 4.74 Å². The van der Waals surface area contributed by atoms with Gasteiger partial charge in [-0.2, -0.15) is 0 Å². The molecule has 1 amide bonds. The number of nitrogens with zero attached hydrogens (tertiary/aromatic N) is 1. The summed E-state index contributed by atoms with van der Waals surface area (Å²) in [5.41, 5.74) is 0.640. The van der Waals surface area contributed by atoms with Crippen molar-refractivity contribution in [3.05, 3.63) is 22.4 Å². The van der Waals surface area contributed by atoms with Crippen LogP contribution in [0.4, 0.5) is 0 Å². The molecular weight excluding hydrogens is 284 g/mol. The molecule has 17 heavy (non-hydrogen) atoms. The molecule has 0 spiro atoms. The van der Waals surface area contributed by atoms with Crippen LogP contribution < -0.4 is 5.32 Å². The molecule has 96 valence electrons. The van der Waals surface area contributed by atoms with Gasteiger partial charge in [0.25, 0.3) is 5.91 Å². The smallest absolute Gasteiger partial charge is 0.268 e. The highest BCUT2D eigenvalue weighted by molar-refractivity contribution is 9.10. The number of hydrogen-bond donors (Lipinski definition) is 1. The average molecular weight is 303 g/mol. The first kappa shape index (κ1) is 14.3. The first-order valence-corrected chi connectivity index (χ1v) is 6.48. The Hall–Kier alpha value is -0.810. The second kappa shape index (κ2) is 6.81. The van der Waals surface area contributed by atoms with Gasteiger partial charge in [-0.15, -0.1) is 0 Å². The summed E-state index contributed by atoms with van der Waals surface area (Å²) in [6.07, 6.45) is 1.85. The van der Waals surface area contributed by atoms with E-state index in [1.807, 2.05) is 13.2 Å². The number of nitrogens with one attached hydrogen (secondary N) is 1. The molecular formula is C12H19BrN2O2. The minimum Gasteiger partial charge on any atom is -0.379 e. The van der Waals surface area contributed by atoms with E-state index < -0.39 is 0 Å². The van der Waals surface area contributed by atoms with Crippen molar-refractivity contribution in [2.75, 3.05) is 19.8 Å². The van der Waals surface area contributed by atoms with E-state index >= 15 is 0 Å². The summed E-state index contributed by atoms with van der Waals surface area (Å²) < 4.78 is 8.08. The van der Waals surface area contributed by atoms with Crippen molar-refractivity contribution in [2.24, 2.45) is 13.0 Å². The van der Waals surface area contributed by atoms with Gasteiger partial charge in [-0.05, 0) is 27.9 Å². The predicted molar refractivity (Wildman–Crippen MR) is 71.1 cm³/mol. The standard InChI is InChI=1S/C12H19BrN2O2/c1-9(2)8-17-5-4-14-12(16)11-6-10(13)7-15(11)3/h6-7,9H,4-5,8H2,1-3H3,(H,14,16). The number of amides is 1. The molecule has 0 aliphatic heterocycles. The van der Waals surface area contributed by atoms with Gasteiger partial charge in [0.15, 0.2) is 0 Å². The Bertz CT molecular complexity index is 375. The van der Waals surface area contributed by atoms with Crippen LogP contribution in [0.15, 0.2) is 16.7 Å². The van der Waals surface area contributed by atoms with Crippen molar-refractivity contribution >= 4 is 21.8 Å². The van der Waals surface area contributed by atoms with E-state index in [1.54, 1.807) is 10.6 Å². The van der Waals surface area contributed by atoms with Gasteiger partial charge in [-0.1, -0.05) is 13.8 Å². The summed E-state index contributed by atoms with van der Waals surface area (Å²) in [6.45, 7) is 6.01. The van der Waals surface area contributed by atoms with E-state index in [0.717, 1.165) is 11.1 Å². The maximum Gasteiger partial charge on any atom is 0.268 e. The predicted octanol–water partition coefficient (Wildman–Crippen LogP) is 2.19. The number of carbonyl (C=O) groups excluding carboxylic acids is 1. The lowest BCUT2D eigenvalue weighted by Gasteiger charge is -2.08. The fraction of sp³-hybridized carbons (Fsp3) is 0.583. The largest absolute Gasteiger partial charge is 0.379 e. The van der Waals surface area contributed by atoms with Gasteiger partial charge in [0.1, 0.15) is 5.69 Å². The second-order valence-electron chi connectivity index (χ2n) is 4.38. The molecule has 0 bridgehead atoms. The molecule has 1 aromatic heterocycles. The lowest BCUT2D eigenvalue weighted by molar-refractivity contribution is 0.0879. The zero-order valence-electron chi connectivity index (χ0n) is 10.5. The second-order valence-corrected chi connectivity index (χ2v) is 5.29. The molecule has 5 heteroatoms. The molecule has 0 radical (unpaired) electrons. The number of aryl methyl sites for hydroxylation is 1. The minimum atomic E-state index is -0.0775. The van der Waals surface area contributed by atoms with Gasteiger partial charge in [-0.3, -0.25) is 4.79 Å². The molecule has 0 aliphatic rings. The fourth-order valence-electron chi connectivity index (χ4n) is 1.40. The van der Waals surface area contributed by atoms with Gasteiger partial charge in [-0.25, -0.2) is 0 Å². The van der Waals surface area contributed by atoms with Crippen molar-refractivity contribution in [1.29, 1.82) is 0 Å². The summed E-state index contributed by atoms with van der Waals surface area (Å²) in [4.78, 5) is 11.8. The summed E-state index contributed by atoms with van der Waals surface area (Å²) in [6, 6.07) is 1.80. The van der Waals surface area contributed by atoms with Gasteiger partial charge >= 0.3 is 0 Å². The van der Waals surface area contributed by atoms with Crippen molar-refractivity contribution in [3.63, 3.8) is 0 Å². The van der Waals surface area contributed by atoms with E-state index in [1.165, 1.54) is 0 Å². The van der Waals surface area contributed by atoms with Crippen LogP contribution in [0.1, 0.15) is 24.3 Å². The molecule has 1 N–H and O–H groups in total. The third-order valence-electron chi connectivity index (χ3n) is 2.19. The first-order chi connectivity index (χ1) is 8.00. The third-order valence-corrected chi connectivity index (χ3v) is 2.62. The minimum absolute atomic E-state index is 0.0775. The van der Waals surface area contributed by atoms with Gasteiger partial charge in [0.2, 0.25) is 0 Å². The van der Waals surface area contributed by atoms with Crippen LogP contribution in [0.5, 0.6) is 0 Å². The monoisotopic (exact) mass is 302 g/mol. The number of rotatable bonds is 6. The molecule has 0 fully saturated rings. The zero-order chi connectivity index (χ0) is 12.8. The van der Waals surface area contributed by atoms with Crippen LogP contribution in [0.3, 0.4) is 0 Å². The van der Waals surface area contributed by atoms with Crippen LogP contribution in [0, 0.1) is 5.92 Å². The normalized spacial score (nSPS) is 10.9. The molecule has 0 saturated carbocycles.